The molecule has 2 fully saturated rings. The molecule has 7 heteroatoms. The van der Waals surface area contributed by atoms with Crippen LogP contribution in [0.1, 0.15) is 51.6 Å². The summed E-state index contributed by atoms with van der Waals surface area (Å²) < 4.78 is 11.9. The van der Waals surface area contributed by atoms with E-state index in [0.29, 0.717) is 18.7 Å². The molecular formula is C25H30N4O3. The molecule has 1 aromatic heterocycles. The van der Waals surface area contributed by atoms with Gasteiger partial charge < -0.3 is 19.7 Å². The van der Waals surface area contributed by atoms with Crippen LogP contribution in [-0.4, -0.2) is 36.2 Å². The van der Waals surface area contributed by atoms with Crippen molar-refractivity contribution < 1.29 is 14.3 Å². The van der Waals surface area contributed by atoms with E-state index in [2.05, 4.69) is 21.3 Å². The Kier molecular flexibility index (Phi) is 6.22. The fraction of sp³-hybridized carbons (Fsp3) is 0.480. The zero-order valence-electron chi connectivity index (χ0n) is 18.9. The normalized spacial score (nSPS) is 19.8. The highest BCUT2D eigenvalue weighted by molar-refractivity contribution is 5.88. The second-order valence-corrected chi connectivity index (χ2v) is 8.95. The first-order valence-electron chi connectivity index (χ1n) is 11.2. The lowest BCUT2D eigenvalue weighted by Crippen LogP contribution is -2.33. The second-order valence-electron chi connectivity index (χ2n) is 8.95. The van der Waals surface area contributed by atoms with Crippen molar-refractivity contribution in [1.29, 1.82) is 5.26 Å². The molecule has 2 heterocycles. The zero-order chi connectivity index (χ0) is 22.7. The van der Waals surface area contributed by atoms with Crippen LogP contribution >= 0.6 is 0 Å². The molecule has 2 aliphatic rings. The van der Waals surface area contributed by atoms with E-state index in [1.807, 2.05) is 57.2 Å². The molecule has 1 amide bonds. The number of hydrogen-bond donors (Lipinski definition) is 1. The standard InChI is InChI=1S/C25H30N4O3/c1-17(2)31-23-14-20(8-12-27-23)29-13-9-22(15-29)32-21-6-4-19(5-7-21)18(3)28-24(30)25(16-26)10-11-25/h4-8,12,14,17-18,22H,9-11,13,15H2,1-3H3,(H,28,30)/t18-,22+/m0/s1. The molecule has 32 heavy (non-hydrogen) atoms. The van der Waals surface area contributed by atoms with E-state index in [4.69, 9.17) is 9.47 Å². The van der Waals surface area contributed by atoms with Crippen LogP contribution in [0.3, 0.4) is 0 Å². The summed E-state index contributed by atoms with van der Waals surface area (Å²) in [5.41, 5.74) is 1.27. The number of aromatic nitrogens is 1. The minimum absolute atomic E-state index is 0.0904. The third kappa shape index (κ3) is 4.96. The van der Waals surface area contributed by atoms with Crippen molar-refractivity contribution in [3.05, 3.63) is 48.2 Å². The number of amides is 1. The van der Waals surface area contributed by atoms with Crippen molar-refractivity contribution in [1.82, 2.24) is 10.3 Å². The van der Waals surface area contributed by atoms with Gasteiger partial charge in [0.25, 0.3) is 0 Å². The number of carbonyl (C=O) groups is 1. The number of ether oxygens (including phenoxy) is 2. The summed E-state index contributed by atoms with van der Waals surface area (Å²) in [5, 5.41) is 12.1. The van der Waals surface area contributed by atoms with Gasteiger partial charge in [-0.1, -0.05) is 12.1 Å². The average Bonchev–Trinajstić information content (AvgIpc) is 3.45. The highest BCUT2D eigenvalue weighted by atomic mass is 16.5. The topological polar surface area (TPSA) is 87.5 Å². The number of nitriles is 1. The molecule has 7 nitrogen and oxygen atoms in total. The summed E-state index contributed by atoms with van der Waals surface area (Å²) in [5.74, 6) is 1.28. The number of rotatable bonds is 8. The molecule has 1 aromatic carbocycles. The first kappa shape index (κ1) is 21.9. The monoisotopic (exact) mass is 434 g/mol. The van der Waals surface area contributed by atoms with E-state index in [9.17, 15) is 10.1 Å². The lowest BCUT2D eigenvalue weighted by atomic mass is 10.1. The molecule has 4 rings (SSSR count). The molecule has 1 saturated carbocycles. The van der Waals surface area contributed by atoms with Crippen LogP contribution in [0.4, 0.5) is 5.69 Å². The second kappa shape index (κ2) is 9.07. The van der Waals surface area contributed by atoms with Crippen LogP contribution in [0, 0.1) is 16.7 Å². The minimum Gasteiger partial charge on any atom is -0.489 e. The number of hydrogen-bond acceptors (Lipinski definition) is 6. The minimum atomic E-state index is -0.803. The highest BCUT2D eigenvalue weighted by Crippen LogP contribution is 2.45. The molecule has 2 atom stereocenters. The van der Waals surface area contributed by atoms with E-state index < -0.39 is 5.41 Å². The van der Waals surface area contributed by atoms with Gasteiger partial charge in [-0.25, -0.2) is 4.98 Å². The molecule has 1 N–H and O–H groups in total. The third-order valence-electron chi connectivity index (χ3n) is 6.01. The Morgan fingerprint density at radius 2 is 2.00 bits per heavy atom. The molecular weight excluding hydrogens is 404 g/mol. The lowest BCUT2D eigenvalue weighted by molar-refractivity contribution is -0.125. The van der Waals surface area contributed by atoms with Gasteiger partial charge in [0.1, 0.15) is 17.3 Å². The number of nitrogens with zero attached hydrogens (tertiary/aromatic N) is 3. The lowest BCUT2D eigenvalue weighted by Gasteiger charge is -2.20. The van der Waals surface area contributed by atoms with Crippen molar-refractivity contribution in [3.63, 3.8) is 0 Å². The first-order chi connectivity index (χ1) is 15.4. The van der Waals surface area contributed by atoms with Crippen molar-refractivity contribution in [2.45, 2.75) is 58.3 Å². The van der Waals surface area contributed by atoms with Crippen LogP contribution in [0.15, 0.2) is 42.6 Å². The Labute approximate surface area is 189 Å². The Morgan fingerprint density at radius 1 is 1.25 bits per heavy atom. The molecule has 1 aliphatic carbocycles. The Balaban J connectivity index is 1.31. The van der Waals surface area contributed by atoms with Crippen LogP contribution in [0.5, 0.6) is 11.6 Å². The Morgan fingerprint density at radius 3 is 2.66 bits per heavy atom. The maximum absolute atomic E-state index is 12.3. The molecule has 1 saturated heterocycles. The average molecular weight is 435 g/mol. The van der Waals surface area contributed by atoms with E-state index in [0.717, 1.165) is 36.5 Å². The molecule has 0 radical (unpaired) electrons. The SMILES string of the molecule is CC(C)Oc1cc(N2CC[C@@H](Oc3ccc([C@H](C)NC(=O)C4(C#N)CC4)cc3)C2)ccn1. The molecule has 168 valence electrons. The summed E-state index contributed by atoms with van der Waals surface area (Å²) in [6.07, 6.45) is 4.21. The number of pyridine rings is 1. The summed E-state index contributed by atoms with van der Waals surface area (Å²) >= 11 is 0. The van der Waals surface area contributed by atoms with Crippen molar-refractivity contribution in [2.24, 2.45) is 5.41 Å². The molecule has 1 aliphatic heterocycles. The summed E-state index contributed by atoms with van der Waals surface area (Å²) in [7, 11) is 0. The fourth-order valence-electron chi connectivity index (χ4n) is 3.92. The van der Waals surface area contributed by atoms with Crippen LogP contribution in [0.25, 0.3) is 0 Å². The first-order valence-corrected chi connectivity index (χ1v) is 11.2. The molecule has 2 aromatic rings. The van der Waals surface area contributed by atoms with Gasteiger partial charge in [-0.05, 0) is 57.4 Å². The fourth-order valence-corrected chi connectivity index (χ4v) is 3.92. The summed E-state index contributed by atoms with van der Waals surface area (Å²) in [6.45, 7) is 7.63. The third-order valence-corrected chi connectivity index (χ3v) is 6.01. The summed E-state index contributed by atoms with van der Waals surface area (Å²) in [6, 6.07) is 13.8. The maximum Gasteiger partial charge on any atom is 0.240 e. The number of nitrogens with one attached hydrogen (secondary N) is 1. The smallest absolute Gasteiger partial charge is 0.240 e. The Hall–Kier alpha value is -3.27. The van der Waals surface area contributed by atoms with Gasteiger partial charge in [-0.15, -0.1) is 0 Å². The maximum atomic E-state index is 12.3. The van der Waals surface area contributed by atoms with Crippen LogP contribution in [0.2, 0.25) is 0 Å². The predicted molar refractivity (Wildman–Crippen MR) is 122 cm³/mol. The van der Waals surface area contributed by atoms with Gasteiger partial charge in [0, 0.05) is 30.9 Å². The molecule has 0 bridgehead atoms. The van der Waals surface area contributed by atoms with Gasteiger partial charge in [0.05, 0.1) is 24.8 Å². The predicted octanol–water partition coefficient (Wildman–Crippen LogP) is 4.01. The quantitative estimate of drug-likeness (QED) is 0.676. The van der Waals surface area contributed by atoms with Gasteiger partial charge in [0.2, 0.25) is 11.8 Å². The zero-order valence-corrected chi connectivity index (χ0v) is 18.9. The molecule has 0 spiro atoms. The van der Waals surface area contributed by atoms with Crippen LogP contribution < -0.4 is 19.7 Å². The largest absolute Gasteiger partial charge is 0.489 e. The molecule has 0 unspecified atom stereocenters. The van der Waals surface area contributed by atoms with Gasteiger partial charge in [-0.3, -0.25) is 4.79 Å². The van der Waals surface area contributed by atoms with E-state index in [-0.39, 0.29) is 24.2 Å². The van der Waals surface area contributed by atoms with E-state index in [1.54, 1.807) is 6.20 Å². The van der Waals surface area contributed by atoms with Crippen molar-refractivity contribution in [3.8, 4) is 17.7 Å². The highest BCUT2D eigenvalue weighted by Gasteiger charge is 2.50. The van der Waals surface area contributed by atoms with E-state index in [1.165, 1.54) is 0 Å². The Bertz CT molecular complexity index is 995. The number of carbonyl (C=O) groups excluding carboxylic acids is 1. The van der Waals surface area contributed by atoms with Gasteiger partial charge in [-0.2, -0.15) is 5.26 Å². The van der Waals surface area contributed by atoms with Crippen LogP contribution in [-0.2, 0) is 4.79 Å². The summed E-state index contributed by atoms with van der Waals surface area (Å²) in [4.78, 5) is 18.8. The number of anilines is 1. The van der Waals surface area contributed by atoms with Crippen molar-refractivity contribution in [2.75, 3.05) is 18.0 Å². The van der Waals surface area contributed by atoms with Crippen molar-refractivity contribution >= 4 is 11.6 Å². The van der Waals surface area contributed by atoms with E-state index >= 15 is 0 Å². The van der Waals surface area contributed by atoms with Gasteiger partial charge >= 0.3 is 0 Å². The van der Waals surface area contributed by atoms with Gasteiger partial charge in [0.15, 0.2) is 0 Å². The number of benzene rings is 1.